The van der Waals surface area contributed by atoms with E-state index in [1.54, 1.807) is 27.5 Å². The van der Waals surface area contributed by atoms with Crippen molar-refractivity contribution in [3.8, 4) is 22.0 Å². The Labute approximate surface area is 132 Å². The summed E-state index contributed by atoms with van der Waals surface area (Å²) in [5.41, 5.74) is 1.18. The highest BCUT2D eigenvalue weighted by Gasteiger charge is 2.17. The van der Waals surface area contributed by atoms with E-state index in [1.807, 2.05) is 13.2 Å². The Morgan fingerprint density at radius 2 is 2.14 bits per heavy atom. The summed E-state index contributed by atoms with van der Waals surface area (Å²) in [5.74, 6) is 0.153. The summed E-state index contributed by atoms with van der Waals surface area (Å²) < 4.78 is 17.3. The maximum Gasteiger partial charge on any atom is 0.235 e. The number of halogens is 2. The van der Waals surface area contributed by atoms with Crippen LogP contribution in [0.1, 0.15) is 0 Å². The first kappa shape index (κ1) is 13.4. The van der Waals surface area contributed by atoms with Crippen molar-refractivity contribution < 1.29 is 4.39 Å². The van der Waals surface area contributed by atoms with Crippen molar-refractivity contribution in [3.63, 3.8) is 0 Å². The van der Waals surface area contributed by atoms with Crippen molar-refractivity contribution in [1.29, 1.82) is 0 Å². The van der Waals surface area contributed by atoms with Crippen molar-refractivity contribution in [3.05, 3.63) is 41.4 Å². The van der Waals surface area contributed by atoms with Gasteiger partial charge in [-0.25, -0.2) is 4.39 Å². The summed E-state index contributed by atoms with van der Waals surface area (Å²) in [6.07, 6.45) is 3.50. The van der Waals surface area contributed by atoms with Crippen LogP contribution in [0.4, 0.5) is 4.39 Å². The molecule has 3 aromatic heterocycles. The van der Waals surface area contributed by atoms with Gasteiger partial charge in [0.15, 0.2) is 10.8 Å². The number of fused-ring (bicyclic) bond motifs is 1. The maximum absolute atomic E-state index is 14.0. The van der Waals surface area contributed by atoms with Crippen LogP contribution in [0.15, 0.2) is 30.6 Å². The minimum Gasteiger partial charge on any atom is -0.275 e. The first-order chi connectivity index (χ1) is 10.6. The topological polar surface area (TPSA) is 60.9 Å². The highest BCUT2D eigenvalue weighted by Crippen LogP contribution is 2.30. The fraction of sp³-hybridized carbons (Fsp3) is 0.0769. The van der Waals surface area contributed by atoms with Gasteiger partial charge in [-0.15, -0.1) is 10.2 Å². The van der Waals surface area contributed by atoms with Gasteiger partial charge in [-0.05, 0) is 18.2 Å². The first-order valence-electron chi connectivity index (χ1n) is 6.28. The monoisotopic (exact) mass is 334 g/mol. The lowest BCUT2D eigenvalue weighted by atomic mass is 10.2. The second-order valence-electron chi connectivity index (χ2n) is 4.65. The molecule has 0 radical (unpaired) electrons. The summed E-state index contributed by atoms with van der Waals surface area (Å²) in [4.78, 5) is 0.586. The molecule has 4 aromatic rings. The summed E-state index contributed by atoms with van der Waals surface area (Å²) in [5, 5.41) is 17.6. The van der Waals surface area contributed by atoms with Gasteiger partial charge >= 0.3 is 0 Å². The molecule has 0 spiro atoms. The van der Waals surface area contributed by atoms with Gasteiger partial charge in [0.1, 0.15) is 5.82 Å². The fourth-order valence-electron chi connectivity index (χ4n) is 2.11. The molecule has 0 fully saturated rings. The molecule has 0 amide bonds. The highest BCUT2D eigenvalue weighted by molar-refractivity contribution is 7.19. The molecule has 0 aliphatic heterocycles. The lowest BCUT2D eigenvalue weighted by Gasteiger charge is -1.98. The number of hydrogen-bond acceptors (Lipinski definition) is 5. The van der Waals surface area contributed by atoms with Crippen LogP contribution in [0, 0.1) is 5.82 Å². The molecule has 1 aromatic carbocycles. The van der Waals surface area contributed by atoms with Gasteiger partial charge in [0.25, 0.3) is 0 Å². The standard InChI is InChI=1S/C13H8ClFN6S/c1-20-6-7(5-16-20)11-17-18-13-21(11)19-12(22-13)9-3-2-8(14)4-10(9)15/h2-6H,1H3. The molecule has 3 heterocycles. The smallest absolute Gasteiger partial charge is 0.235 e. The van der Waals surface area contributed by atoms with Crippen LogP contribution >= 0.6 is 22.9 Å². The number of nitrogens with zero attached hydrogens (tertiary/aromatic N) is 6. The van der Waals surface area contributed by atoms with Crippen LogP contribution in [-0.4, -0.2) is 29.6 Å². The van der Waals surface area contributed by atoms with Gasteiger partial charge in [0, 0.05) is 23.8 Å². The summed E-state index contributed by atoms with van der Waals surface area (Å²) in [6.45, 7) is 0. The molecule has 0 saturated carbocycles. The van der Waals surface area contributed by atoms with Crippen molar-refractivity contribution >= 4 is 27.9 Å². The van der Waals surface area contributed by atoms with E-state index in [4.69, 9.17) is 11.6 Å². The van der Waals surface area contributed by atoms with Crippen molar-refractivity contribution in [2.75, 3.05) is 0 Å². The van der Waals surface area contributed by atoms with Gasteiger partial charge in [-0.1, -0.05) is 22.9 Å². The Morgan fingerprint density at radius 1 is 1.27 bits per heavy atom. The van der Waals surface area contributed by atoms with Crippen LogP contribution < -0.4 is 0 Å². The van der Waals surface area contributed by atoms with Gasteiger partial charge in [-0.3, -0.25) is 4.68 Å². The van der Waals surface area contributed by atoms with E-state index >= 15 is 0 Å². The van der Waals surface area contributed by atoms with E-state index in [0.29, 0.717) is 26.4 Å². The van der Waals surface area contributed by atoms with Crippen LogP contribution in [0.25, 0.3) is 26.9 Å². The minimum absolute atomic E-state index is 0.347. The molecule has 0 bridgehead atoms. The molecule has 0 aliphatic carbocycles. The molecule has 0 atom stereocenters. The average molecular weight is 335 g/mol. The van der Waals surface area contributed by atoms with Crippen LogP contribution in [0.3, 0.4) is 0 Å². The number of hydrogen-bond donors (Lipinski definition) is 0. The van der Waals surface area contributed by atoms with E-state index < -0.39 is 5.82 Å². The summed E-state index contributed by atoms with van der Waals surface area (Å²) >= 11 is 7.04. The number of benzene rings is 1. The third-order valence-electron chi connectivity index (χ3n) is 3.12. The van der Waals surface area contributed by atoms with Crippen LogP contribution in [0.5, 0.6) is 0 Å². The lowest BCUT2D eigenvalue weighted by molar-refractivity contribution is 0.631. The zero-order valence-electron chi connectivity index (χ0n) is 11.2. The summed E-state index contributed by atoms with van der Waals surface area (Å²) in [6, 6.07) is 4.50. The van der Waals surface area contributed by atoms with Gasteiger partial charge in [0.2, 0.25) is 4.96 Å². The quantitative estimate of drug-likeness (QED) is 0.565. The molecule has 4 rings (SSSR count). The molecular formula is C13H8ClFN6S. The molecule has 110 valence electrons. The molecule has 0 saturated heterocycles. The number of aryl methyl sites for hydroxylation is 1. The molecule has 6 nitrogen and oxygen atoms in total. The largest absolute Gasteiger partial charge is 0.275 e. The molecule has 22 heavy (non-hydrogen) atoms. The van der Waals surface area contributed by atoms with Crippen molar-refractivity contribution in [2.24, 2.45) is 7.05 Å². The Hall–Kier alpha value is -2.32. The molecule has 9 heteroatoms. The van der Waals surface area contributed by atoms with Gasteiger partial charge < -0.3 is 0 Å². The van der Waals surface area contributed by atoms with E-state index in [2.05, 4.69) is 20.4 Å². The van der Waals surface area contributed by atoms with Gasteiger partial charge in [0.05, 0.1) is 11.8 Å². The highest BCUT2D eigenvalue weighted by atomic mass is 35.5. The second kappa shape index (κ2) is 4.85. The number of aromatic nitrogens is 6. The van der Waals surface area contributed by atoms with Gasteiger partial charge in [-0.2, -0.15) is 14.7 Å². The SMILES string of the molecule is Cn1cc(-c2nnc3sc(-c4ccc(Cl)cc4F)nn23)cn1. The lowest BCUT2D eigenvalue weighted by Crippen LogP contribution is -1.91. The van der Waals surface area contributed by atoms with Crippen molar-refractivity contribution in [2.45, 2.75) is 0 Å². The second-order valence-corrected chi connectivity index (χ2v) is 6.04. The summed E-state index contributed by atoms with van der Waals surface area (Å²) in [7, 11) is 1.82. The average Bonchev–Trinajstić information content (AvgIpc) is 3.13. The maximum atomic E-state index is 14.0. The molecule has 0 unspecified atom stereocenters. The fourth-order valence-corrected chi connectivity index (χ4v) is 3.13. The zero-order chi connectivity index (χ0) is 15.3. The van der Waals surface area contributed by atoms with E-state index in [9.17, 15) is 4.39 Å². The predicted molar refractivity (Wildman–Crippen MR) is 81.3 cm³/mol. The van der Waals surface area contributed by atoms with Crippen LogP contribution in [-0.2, 0) is 7.05 Å². The third kappa shape index (κ3) is 2.08. The van der Waals surface area contributed by atoms with Crippen molar-refractivity contribution in [1.82, 2.24) is 29.6 Å². The Balaban J connectivity index is 1.86. The Bertz CT molecular complexity index is 988. The molecule has 0 N–H and O–H groups in total. The van der Waals surface area contributed by atoms with Crippen LogP contribution in [0.2, 0.25) is 5.02 Å². The Kier molecular flexibility index (Phi) is 2.95. The first-order valence-corrected chi connectivity index (χ1v) is 7.48. The van der Waals surface area contributed by atoms with E-state index in [0.717, 1.165) is 5.56 Å². The Morgan fingerprint density at radius 3 is 2.86 bits per heavy atom. The van der Waals surface area contributed by atoms with E-state index in [-0.39, 0.29) is 0 Å². The molecular weight excluding hydrogens is 327 g/mol. The van der Waals surface area contributed by atoms with E-state index in [1.165, 1.54) is 17.4 Å². The number of rotatable bonds is 2. The predicted octanol–water partition coefficient (Wildman–Crippen LogP) is 3.05. The normalized spacial score (nSPS) is 11.4. The zero-order valence-corrected chi connectivity index (χ0v) is 12.8. The minimum atomic E-state index is -0.416. The molecule has 0 aliphatic rings. The third-order valence-corrected chi connectivity index (χ3v) is 4.28.